The highest BCUT2D eigenvalue weighted by Crippen LogP contribution is 2.23. The normalized spacial score (nSPS) is 20.2. The van der Waals surface area contributed by atoms with Gasteiger partial charge in [-0.2, -0.15) is 15.4 Å². The molecule has 0 saturated heterocycles. The van der Waals surface area contributed by atoms with E-state index in [2.05, 4.69) is 40.8 Å². The molecular formula is C23H19N5O. The summed E-state index contributed by atoms with van der Waals surface area (Å²) < 4.78 is 0. The summed E-state index contributed by atoms with van der Waals surface area (Å²) in [5, 5.41) is 17.5. The number of aliphatic imine (C=N–C) groups is 1. The molecule has 4 rings (SSSR count). The van der Waals surface area contributed by atoms with E-state index in [1.165, 1.54) is 10.6 Å². The molecule has 1 atom stereocenters. The van der Waals surface area contributed by atoms with E-state index in [-0.39, 0.29) is 6.03 Å². The number of urea groups is 1. The van der Waals surface area contributed by atoms with Crippen LogP contribution in [0.2, 0.25) is 0 Å². The lowest BCUT2D eigenvalue weighted by molar-refractivity contribution is 0.191. The molecule has 0 spiro atoms. The van der Waals surface area contributed by atoms with Gasteiger partial charge in [0.15, 0.2) is 6.17 Å². The summed E-state index contributed by atoms with van der Waals surface area (Å²) in [6.07, 6.45) is 5.23. The molecule has 142 valence electrons. The molecule has 1 unspecified atom stereocenters. The Morgan fingerprint density at radius 3 is 2.38 bits per heavy atom. The van der Waals surface area contributed by atoms with Crippen LogP contribution in [0.5, 0.6) is 0 Å². The maximum atomic E-state index is 12.8. The molecule has 2 aromatic rings. The highest BCUT2D eigenvalue weighted by Gasteiger charge is 2.29. The minimum absolute atomic E-state index is 0.349. The smallest absolute Gasteiger partial charge is 0.290 e. The second kappa shape index (κ2) is 7.56. The van der Waals surface area contributed by atoms with Gasteiger partial charge in [-0.1, -0.05) is 35.9 Å². The fourth-order valence-corrected chi connectivity index (χ4v) is 3.13. The molecule has 2 heterocycles. The van der Waals surface area contributed by atoms with E-state index in [0.29, 0.717) is 17.1 Å². The van der Waals surface area contributed by atoms with Gasteiger partial charge in [-0.05, 0) is 61.4 Å². The van der Waals surface area contributed by atoms with Crippen molar-refractivity contribution in [3.05, 3.63) is 89.0 Å². The molecule has 2 aliphatic heterocycles. The number of aryl methyl sites for hydroxylation is 1. The molecule has 6 heteroatoms. The highest BCUT2D eigenvalue weighted by molar-refractivity contribution is 6.09. The number of carbonyl (C=O) groups excluding carboxylic acids is 1. The second-order valence-corrected chi connectivity index (χ2v) is 6.92. The summed E-state index contributed by atoms with van der Waals surface area (Å²) in [6.45, 7) is 3.89. The third-order valence-corrected chi connectivity index (χ3v) is 4.72. The van der Waals surface area contributed by atoms with E-state index in [1.807, 2.05) is 32.1 Å². The van der Waals surface area contributed by atoms with Gasteiger partial charge in [0.2, 0.25) is 0 Å². The summed E-state index contributed by atoms with van der Waals surface area (Å²) in [5.74, 6) is 0.456. The van der Waals surface area contributed by atoms with Gasteiger partial charge >= 0.3 is 6.03 Å². The number of fused-ring (bicyclic) bond motifs is 1. The number of amidine groups is 1. The van der Waals surface area contributed by atoms with Crippen molar-refractivity contribution in [1.29, 1.82) is 5.26 Å². The quantitative estimate of drug-likeness (QED) is 0.853. The summed E-state index contributed by atoms with van der Waals surface area (Å²) in [7, 11) is 0. The maximum absolute atomic E-state index is 12.8. The number of nitrogens with zero attached hydrogens (tertiary/aromatic N) is 4. The van der Waals surface area contributed by atoms with Crippen LogP contribution in [0.1, 0.15) is 29.2 Å². The van der Waals surface area contributed by atoms with Crippen LogP contribution in [0.25, 0.3) is 5.57 Å². The van der Waals surface area contributed by atoms with Gasteiger partial charge in [0.05, 0.1) is 17.3 Å². The Labute approximate surface area is 169 Å². The average Bonchev–Trinajstić information content (AvgIpc) is 2.72. The van der Waals surface area contributed by atoms with E-state index in [1.54, 1.807) is 24.3 Å². The van der Waals surface area contributed by atoms with Crippen molar-refractivity contribution in [2.45, 2.75) is 20.0 Å². The van der Waals surface area contributed by atoms with E-state index < -0.39 is 6.17 Å². The van der Waals surface area contributed by atoms with Crippen molar-refractivity contribution in [1.82, 2.24) is 10.3 Å². The van der Waals surface area contributed by atoms with Crippen molar-refractivity contribution in [3.8, 4) is 6.07 Å². The molecule has 0 aliphatic carbocycles. The number of carbonyl (C=O) groups is 1. The molecule has 2 aromatic carbocycles. The Balaban J connectivity index is 1.78. The monoisotopic (exact) mass is 381 g/mol. The van der Waals surface area contributed by atoms with Crippen molar-refractivity contribution in [3.63, 3.8) is 0 Å². The first kappa shape index (κ1) is 18.4. The Hall–Kier alpha value is -3.98. The van der Waals surface area contributed by atoms with Crippen LogP contribution in [0.4, 0.5) is 4.79 Å². The molecule has 0 saturated carbocycles. The van der Waals surface area contributed by atoms with E-state index in [4.69, 9.17) is 10.3 Å². The van der Waals surface area contributed by atoms with Crippen LogP contribution >= 0.6 is 0 Å². The van der Waals surface area contributed by atoms with E-state index in [0.717, 1.165) is 16.7 Å². The third kappa shape index (κ3) is 3.85. The Kier molecular flexibility index (Phi) is 4.80. The first-order valence-corrected chi connectivity index (χ1v) is 9.24. The zero-order valence-corrected chi connectivity index (χ0v) is 16.1. The lowest BCUT2D eigenvalue weighted by Crippen LogP contribution is -2.50. The predicted molar refractivity (Wildman–Crippen MR) is 113 cm³/mol. The molecule has 0 fully saturated rings. The van der Waals surface area contributed by atoms with Gasteiger partial charge in [0.1, 0.15) is 5.84 Å². The SMILES string of the molecule is C/C1=N\N2C(=O)NC(c3ccc(C#N)cc3)=NC2C=C(c2ccc(C)cc2)C=C1. The largest absolute Gasteiger partial charge is 0.345 e. The molecule has 1 N–H and O–H groups in total. The van der Waals surface area contributed by atoms with Crippen molar-refractivity contribution in [2.75, 3.05) is 0 Å². The standard InChI is InChI=1S/C23H19N5O/c1-15-3-8-18(9-4-15)20-10-5-16(2)27-28-21(13-20)25-22(26-23(28)29)19-11-6-17(14-24)7-12-19/h3-13,21H,1-2H3,(H,25,26,29)/b10-5?,20-13?,27-16+. The van der Waals surface area contributed by atoms with Gasteiger partial charge in [0, 0.05) is 5.56 Å². The van der Waals surface area contributed by atoms with Gasteiger partial charge in [-0.25, -0.2) is 9.79 Å². The fourth-order valence-electron chi connectivity index (χ4n) is 3.13. The maximum Gasteiger partial charge on any atom is 0.345 e. The molecular weight excluding hydrogens is 362 g/mol. The molecule has 2 aliphatic rings. The average molecular weight is 381 g/mol. The number of allylic oxidation sites excluding steroid dienone is 3. The molecule has 29 heavy (non-hydrogen) atoms. The second-order valence-electron chi connectivity index (χ2n) is 6.92. The molecule has 0 radical (unpaired) electrons. The number of hydrogen-bond acceptors (Lipinski definition) is 4. The zero-order valence-electron chi connectivity index (χ0n) is 16.1. The Morgan fingerprint density at radius 2 is 1.69 bits per heavy atom. The number of nitriles is 1. The minimum atomic E-state index is -0.578. The minimum Gasteiger partial charge on any atom is -0.290 e. The zero-order chi connectivity index (χ0) is 20.4. The molecule has 2 amide bonds. The molecule has 6 nitrogen and oxygen atoms in total. The van der Waals surface area contributed by atoms with Crippen LogP contribution in [0.3, 0.4) is 0 Å². The number of rotatable bonds is 2. The summed E-state index contributed by atoms with van der Waals surface area (Å²) >= 11 is 0. The number of amides is 2. The predicted octanol–water partition coefficient (Wildman–Crippen LogP) is 3.99. The van der Waals surface area contributed by atoms with Gasteiger partial charge in [0.25, 0.3) is 0 Å². The number of hydrazone groups is 1. The van der Waals surface area contributed by atoms with Crippen LogP contribution < -0.4 is 5.32 Å². The fraction of sp³-hybridized carbons (Fsp3) is 0.130. The number of benzene rings is 2. The molecule has 0 bridgehead atoms. The van der Waals surface area contributed by atoms with Gasteiger partial charge < -0.3 is 0 Å². The Bertz CT molecular complexity index is 1120. The summed E-state index contributed by atoms with van der Waals surface area (Å²) in [4.78, 5) is 17.5. The van der Waals surface area contributed by atoms with Crippen LogP contribution in [0, 0.1) is 18.3 Å². The topological polar surface area (TPSA) is 80.9 Å². The van der Waals surface area contributed by atoms with E-state index >= 15 is 0 Å². The summed E-state index contributed by atoms with van der Waals surface area (Å²) in [5.41, 5.74) is 5.19. The van der Waals surface area contributed by atoms with Crippen LogP contribution in [0.15, 0.2) is 76.9 Å². The van der Waals surface area contributed by atoms with Crippen LogP contribution in [-0.2, 0) is 0 Å². The van der Waals surface area contributed by atoms with Crippen molar-refractivity contribution >= 4 is 23.2 Å². The highest BCUT2D eigenvalue weighted by atomic mass is 16.2. The third-order valence-electron chi connectivity index (χ3n) is 4.72. The Morgan fingerprint density at radius 1 is 1.00 bits per heavy atom. The lowest BCUT2D eigenvalue weighted by Gasteiger charge is -2.30. The first-order chi connectivity index (χ1) is 14.0. The number of hydrogen-bond donors (Lipinski definition) is 1. The number of nitrogens with one attached hydrogen (secondary N) is 1. The van der Waals surface area contributed by atoms with E-state index in [9.17, 15) is 4.79 Å². The van der Waals surface area contributed by atoms with Crippen molar-refractivity contribution < 1.29 is 4.79 Å². The van der Waals surface area contributed by atoms with Gasteiger partial charge in [-0.15, -0.1) is 0 Å². The lowest BCUT2D eigenvalue weighted by atomic mass is 10.0. The van der Waals surface area contributed by atoms with Gasteiger partial charge in [-0.3, -0.25) is 5.32 Å². The van der Waals surface area contributed by atoms with Crippen molar-refractivity contribution in [2.24, 2.45) is 10.1 Å². The first-order valence-electron chi connectivity index (χ1n) is 9.24. The summed E-state index contributed by atoms with van der Waals surface area (Å²) in [6, 6.07) is 16.9. The molecule has 0 aromatic heterocycles. The van der Waals surface area contributed by atoms with Crippen LogP contribution in [-0.4, -0.2) is 28.8 Å².